The Morgan fingerprint density at radius 3 is 2.16 bits per heavy atom. The Bertz CT molecular complexity index is 750. The van der Waals surface area contributed by atoms with Gasteiger partial charge in [0.25, 0.3) is 0 Å². The Hall–Kier alpha value is -2.29. The molecule has 4 atom stereocenters. The molecule has 0 radical (unpaired) electrons. The van der Waals surface area contributed by atoms with Gasteiger partial charge >= 0.3 is 5.97 Å². The van der Waals surface area contributed by atoms with Gasteiger partial charge in [0.2, 0.25) is 17.7 Å². The van der Waals surface area contributed by atoms with Crippen LogP contribution in [0.1, 0.15) is 25.0 Å². The lowest BCUT2D eigenvalue weighted by Crippen LogP contribution is -2.58. The predicted octanol–water partition coefficient (Wildman–Crippen LogP) is -2.19. The summed E-state index contributed by atoms with van der Waals surface area (Å²) in [7, 11) is 0. The highest BCUT2D eigenvalue weighted by Crippen LogP contribution is 2.05. The highest BCUT2D eigenvalue weighted by atomic mass is 32.1. The number of hydrogen-bond acceptors (Lipinski definition) is 9. The van der Waals surface area contributed by atoms with Gasteiger partial charge in [0.05, 0.1) is 12.4 Å². The van der Waals surface area contributed by atoms with Crippen molar-refractivity contribution in [1.29, 1.82) is 0 Å². The van der Waals surface area contributed by atoms with Crippen LogP contribution < -0.4 is 27.4 Å². The number of carboxylic acids is 1. The lowest BCUT2D eigenvalue weighted by molar-refractivity contribution is -0.142. The number of nitrogens with two attached hydrogens (primary N) is 2. The maximum absolute atomic E-state index is 12.8. The fourth-order valence-corrected chi connectivity index (χ4v) is 3.10. The minimum Gasteiger partial charge on any atom is -0.480 e. The zero-order chi connectivity index (χ0) is 24.1. The second-order valence-corrected chi connectivity index (χ2v) is 7.79. The number of H-pyrrole nitrogens is 1. The van der Waals surface area contributed by atoms with Gasteiger partial charge in [-0.15, -0.1) is 0 Å². The van der Waals surface area contributed by atoms with E-state index in [4.69, 9.17) is 11.5 Å². The van der Waals surface area contributed by atoms with E-state index in [9.17, 15) is 24.3 Å². The number of amides is 3. The fraction of sp³-hybridized carbons (Fsp3) is 0.611. The molecular weight excluding hydrogens is 458 g/mol. The first kappa shape index (κ1) is 27.7. The molecule has 0 aliphatic rings. The molecule has 3 amide bonds. The molecule has 4 unspecified atom stereocenters. The third-order valence-corrected chi connectivity index (χ3v) is 5.28. The van der Waals surface area contributed by atoms with E-state index in [1.54, 1.807) is 0 Å². The van der Waals surface area contributed by atoms with Gasteiger partial charge in [-0.2, -0.15) is 25.3 Å². The van der Waals surface area contributed by atoms with Crippen LogP contribution in [0, 0.1) is 0 Å². The van der Waals surface area contributed by atoms with Gasteiger partial charge in [-0.3, -0.25) is 14.4 Å². The van der Waals surface area contributed by atoms with Crippen molar-refractivity contribution in [2.75, 3.05) is 18.1 Å². The van der Waals surface area contributed by atoms with Gasteiger partial charge in [-0.1, -0.05) is 0 Å². The maximum atomic E-state index is 12.8. The average Bonchev–Trinajstić information content (AvgIpc) is 3.28. The van der Waals surface area contributed by atoms with Gasteiger partial charge < -0.3 is 37.5 Å². The molecule has 1 rings (SSSR count). The van der Waals surface area contributed by atoms with Crippen molar-refractivity contribution in [3.8, 4) is 0 Å². The van der Waals surface area contributed by atoms with Gasteiger partial charge in [-0.25, -0.2) is 9.78 Å². The summed E-state index contributed by atoms with van der Waals surface area (Å²) >= 11 is 8.02. The lowest BCUT2D eigenvalue weighted by atomic mass is 10.1. The van der Waals surface area contributed by atoms with Crippen LogP contribution in [0.3, 0.4) is 0 Å². The molecule has 0 saturated carbocycles. The molecule has 0 bridgehead atoms. The standard InChI is InChI=1S/C18H31N7O5S2/c19-4-2-1-3-12(23-17(28)14(8-32)25-15(26)11(20)7-31)16(27)24-13(18(29)30)5-10-6-21-9-22-10/h6,9,11-14,31-32H,1-5,7-8,19-20H2,(H,21,22)(H,23,28)(H,24,27)(H,25,26)(H,29,30). The van der Waals surface area contributed by atoms with Crippen LogP contribution in [-0.2, 0) is 25.6 Å². The van der Waals surface area contributed by atoms with Crippen molar-refractivity contribution in [3.05, 3.63) is 18.2 Å². The number of carbonyl (C=O) groups is 4. The summed E-state index contributed by atoms with van der Waals surface area (Å²) in [6.07, 6.45) is 4.21. The van der Waals surface area contributed by atoms with E-state index >= 15 is 0 Å². The molecule has 32 heavy (non-hydrogen) atoms. The number of aromatic nitrogens is 2. The average molecular weight is 490 g/mol. The van der Waals surface area contributed by atoms with Crippen LogP contribution in [0.15, 0.2) is 12.5 Å². The summed E-state index contributed by atoms with van der Waals surface area (Å²) in [6.45, 7) is 0.400. The highest BCUT2D eigenvalue weighted by Gasteiger charge is 2.29. The van der Waals surface area contributed by atoms with Gasteiger partial charge in [0.1, 0.15) is 18.1 Å². The fourth-order valence-electron chi connectivity index (χ4n) is 2.68. The van der Waals surface area contributed by atoms with E-state index in [1.807, 2.05) is 0 Å². The smallest absolute Gasteiger partial charge is 0.326 e. The van der Waals surface area contributed by atoms with E-state index in [1.165, 1.54) is 12.5 Å². The first-order valence-electron chi connectivity index (χ1n) is 10.0. The van der Waals surface area contributed by atoms with Crippen LogP contribution in [-0.4, -0.2) is 81.0 Å². The van der Waals surface area contributed by atoms with E-state index in [0.717, 1.165) is 0 Å². The number of nitrogens with one attached hydrogen (secondary N) is 4. The molecule has 12 nitrogen and oxygen atoms in total. The van der Waals surface area contributed by atoms with Gasteiger partial charge in [0, 0.05) is 29.8 Å². The summed E-state index contributed by atoms with van der Waals surface area (Å²) in [5.74, 6) is -3.08. The largest absolute Gasteiger partial charge is 0.480 e. The van der Waals surface area contributed by atoms with Gasteiger partial charge in [-0.05, 0) is 25.8 Å². The summed E-state index contributed by atoms with van der Waals surface area (Å²) < 4.78 is 0. The lowest BCUT2D eigenvalue weighted by Gasteiger charge is -2.24. The Balaban J connectivity index is 2.87. The van der Waals surface area contributed by atoms with Crippen LogP contribution in [0.25, 0.3) is 0 Å². The Morgan fingerprint density at radius 2 is 1.62 bits per heavy atom. The minimum atomic E-state index is -1.23. The molecule has 9 N–H and O–H groups in total. The predicted molar refractivity (Wildman–Crippen MR) is 124 cm³/mol. The number of unbranched alkanes of at least 4 members (excludes halogenated alkanes) is 1. The number of nitrogens with zero attached hydrogens (tertiary/aromatic N) is 1. The first-order chi connectivity index (χ1) is 15.2. The third kappa shape index (κ3) is 9.46. The minimum absolute atomic E-state index is 0.0124. The third-order valence-electron chi connectivity index (χ3n) is 4.52. The van der Waals surface area contributed by atoms with E-state index in [2.05, 4.69) is 51.2 Å². The molecule has 180 valence electrons. The van der Waals surface area contributed by atoms with Crippen molar-refractivity contribution in [3.63, 3.8) is 0 Å². The Kier molecular flexibility index (Phi) is 12.8. The SMILES string of the molecule is NCCCCC(NC(=O)C(CS)NC(=O)C(N)CS)C(=O)NC(Cc1cnc[nH]1)C(=O)O. The molecule has 0 spiro atoms. The van der Waals surface area contributed by atoms with Crippen molar-refractivity contribution < 1.29 is 24.3 Å². The molecule has 0 aliphatic heterocycles. The summed E-state index contributed by atoms with van der Waals surface area (Å²) in [4.78, 5) is 55.7. The summed E-state index contributed by atoms with van der Waals surface area (Å²) in [5, 5.41) is 16.9. The molecule has 0 aliphatic carbocycles. The monoisotopic (exact) mass is 489 g/mol. The van der Waals surface area contributed by atoms with Crippen LogP contribution in [0.5, 0.6) is 0 Å². The summed E-state index contributed by atoms with van der Waals surface area (Å²) in [6, 6.07) is -4.21. The number of hydrogen-bond donors (Lipinski definition) is 9. The molecule has 14 heteroatoms. The topological polar surface area (TPSA) is 205 Å². The van der Waals surface area contributed by atoms with Crippen LogP contribution in [0.4, 0.5) is 0 Å². The number of thiol groups is 2. The number of carboxylic acid groups (broad SMARTS) is 1. The molecule has 1 aromatic rings. The molecule has 0 saturated heterocycles. The number of rotatable bonds is 15. The molecule has 0 aromatic carbocycles. The number of aromatic amines is 1. The summed E-state index contributed by atoms with van der Waals surface area (Å²) in [5.41, 5.74) is 11.6. The van der Waals surface area contributed by atoms with Crippen molar-refractivity contribution in [2.24, 2.45) is 11.5 Å². The van der Waals surface area contributed by atoms with Crippen LogP contribution >= 0.6 is 25.3 Å². The normalized spacial score (nSPS) is 14.6. The Labute approximate surface area is 196 Å². The van der Waals surface area contributed by atoms with Crippen LogP contribution in [0.2, 0.25) is 0 Å². The Morgan fingerprint density at radius 1 is 1.00 bits per heavy atom. The number of carbonyl (C=O) groups excluding carboxylic acids is 3. The molecule has 0 fully saturated rings. The first-order valence-corrected chi connectivity index (χ1v) is 11.3. The van der Waals surface area contributed by atoms with Gasteiger partial charge in [0.15, 0.2) is 0 Å². The number of imidazole rings is 1. The van der Waals surface area contributed by atoms with E-state index in [0.29, 0.717) is 25.1 Å². The van der Waals surface area contributed by atoms with Crippen molar-refractivity contribution in [1.82, 2.24) is 25.9 Å². The quantitative estimate of drug-likeness (QED) is 0.0974. The zero-order valence-electron chi connectivity index (χ0n) is 17.5. The molecular formula is C18H31N7O5S2. The maximum Gasteiger partial charge on any atom is 0.326 e. The molecule has 1 aromatic heterocycles. The zero-order valence-corrected chi connectivity index (χ0v) is 19.3. The van der Waals surface area contributed by atoms with Crippen molar-refractivity contribution in [2.45, 2.75) is 49.9 Å². The van der Waals surface area contributed by atoms with E-state index in [-0.39, 0.29) is 24.3 Å². The van der Waals surface area contributed by atoms with E-state index < -0.39 is 47.9 Å². The van der Waals surface area contributed by atoms with Crippen molar-refractivity contribution >= 4 is 48.9 Å². The highest BCUT2D eigenvalue weighted by molar-refractivity contribution is 7.80. The second-order valence-electron chi connectivity index (χ2n) is 7.06. The number of aliphatic carboxylic acids is 1. The molecule has 1 heterocycles. The second kappa shape index (κ2) is 14.7.